The van der Waals surface area contributed by atoms with Gasteiger partial charge < -0.3 is 19.9 Å². The Hall–Kier alpha value is -2.04. The number of nitrogens with one attached hydrogen (secondary N) is 1. The minimum atomic E-state index is -0.558. The monoisotopic (exact) mass is 301 g/mol. The minimum absolute atomic E-state index is 0.486. The van der Waals surface area contributed by atoms with E-state index in [-0.39, 0.29) is 0 Å². The predicted molar refractivity (Wildman–Crippen MR) is 87.3 cm³/mol. The molecule has 0 radical (unpaired) electrons. The van der Waals surface area contributed by atoms with Crippen LogP contribution in [0.1, 0.15) is 24.2 Å². The van der Waals surface area contributed by atoms with E-state index in [9.17, 15) is 5.11 Å². The van der Waals surface area contributed by atoms with Crippen molar-refractivity contribution in [3.63, 3.8) is 0 Å². The van der Waals surface area contributed by atoms with Crippen LogP contribution in [0, 0.1) is 0 Å². The quantitative estimate of drug-likeness (QED) is 0.787. The largest absolute Gasteiger partial charge is 0.497 e. The molecule has 4 heteroatoms. The Bertz CT molecular complexity index is 569. The molecule has 0 aromatic heterocycles. The van der Waals surface area contributed by atoms with Crippen LogP contribution < -0.4 is 14.8 Å². The van der Waals surface area contributed by atoms with Gasteiger partial charge in [-0.05, 0) is 42.3 Å². The van der Waals surface area contributed by atoms with Crippen molar-refractivity contribution in [2.24, 2.45) is 0 Å². The lowest BCUT2D eigenvalue weighted by molar-refractivity contribution is 0.174. The highest BCUT2D eigenvalue weighted by atomic mass is 16.5. The van der Waals surface area contributed by atoms with Crippen molar-refractivity contribution >= 4 is 0 Å². The normalized spacial score (nSPS) is 12.0. The van der Waals surface area contributed by atoms with Crippen LogP contribution in [-0.4, -0.2) is 25.4 Å². The summed E-state index contributed by atoms with van der Waals surface area (Å²) in [5.41, 5.74) is 2.00. The summed E-state index contributed by atoms with van der Waals surface area (Å²) in [4.78, 5) is 0. The summed E-state index contributed by atoms with van der Waals surface area (Å²) < 4.78 is 10.6. The first-order chi connectivity index (χ1) is 10.7. The lowest BCUT2D eigenvalue weighted by Gasteiger charge is -2.13. The van der Waals surface area contributed by atoms with E-state index in [1.54, 1.807) is 7.11 Å². The van der Waals surface area contributed by atoms with Crippen LogP contribution in [0.3, 0.4) is 0 Å². The fourth-order valence-electron chi connectivity index (χ4n) is 2.19. The van der Waals surface area contributed by atoms with Gasteiger partial charge in [-0.15, -0.1) is 0 Å². The molecule has 2 aromatic carbocycles. The third-order valence-electron chi connectivity index (χ3n) is 3.38. The van der Waals surface area contributed by atoms with Gasteiger partial charge in [-0.2, -0.15) is 0 Å². The maximum Gasteiger partial charge on any atom is 0.119 e. The van der Waals surface area contributed by atoms with Gasteiger partial charge in [-0.1, -0.05) is 24.3 Å². The van der Waals surface area contributed by atoms with Crippen LogP contribution in [0.5, 0.6) is 11.5 Å². The van der Waals surface area contributed by atoms with Gasteiger partial charge in [0, 0.05) is 13.1 Å². The third-order valence-corrected chi connectivity index (χ3v) is 3.38. The van der Waals surface area contributed by atoms with Gasteiger partial charge >= 0.3 is 0 Å². The topological polar surface area (TPSA) is 50.7 Å². The van der Waals surface area contributed by atoms with E-state index in [1.807, 2.05) is 55.5 Å². The van der Waals surface area contributed by atoms with Gasteiger partial charge in [0.25, 0.3) is 0 Å². The second kappa shape index (κ2) is 8.41. The first-order valence-corrected chi connectivity index (χ1v) is 7.47. The van der Waals surface area contributed by atoms with E-state index in [1.165, 1.54) is 0 Å². The molecule has 118 valence electrons. The average Bonchev–Trinajstić information content (AvgIpc) is 2.56. The molecule has 2 rings (SSSR count). The highest BCUT2D eigenvalue weighted by Gasteiger charge is 2.08. The SMILES string of the molecule is CCOc1ccc(CNCC(O)c2cccc(OC)c2)cc1. The number of hydrogen-bond donors (Lipinski definition) is 2. The maximum absolute atomic E-state index is 10.2. The zero-order chi connectivity index (χ0) is 15.8. The highest BCUT2D eigenvalue weighted by molar-refractivity contribution is 5.30. The van der Waals surface area contributed by atoms with Crippen LogP contribution in [0.2, 0.25) is 0 Å². The molecule has 0 saturated heterocycles. The molecular formula is C18H23NO3. The molecule has 1 atom stereocenters. The van der Waals surface area contributed by atoms with E-state index in [0.29, 0.717) is 19.7 Å². The van der Waals surface area contributed by atoms with Gasteiger partial charge in [-0.3, -0.25) is 0 Å². The fraction of sp³-hybridized carbons (Fsp3) is 0.333. The molecule has 22 heavy (non-hydrogen) atoms. The van der Waals surface area contributed by atoms with Gasteiger partial charge in [0.2, 0.25) is 0 Å². The van der Waals surface area contributed by atoms with Crippen LogP contribution >= 0.6 is 0 Å². The minimum Gasteiger partial charge on any atom is -0.497 e. The first kappa shape index (κ1) is 16.3. The lowest BCUT2D eigenvalue weighted by atomic mass is 10.1. The summed E-state index contributed by atoms with van der Waals surface area (Å²) in [7, 11) is 1.62. The summed E-state index contributed by atoms with van der Waals surface area (Å²) in [6.45, 7) is 3.83. The molecular weight excluding hydrogens is 278 g/mol. The Morgan fingerprint density at radius 1 is 1.09 bits per heavy atom. The molecule has 1 unspecified atom stereocenters. The molecule has 0 heterocycles. The zero-order valence-electron chi connectivity index (χ0n) is 13.1. The van der Waals surface area contributed by atoms with Crippen molar-refractivity contribution in [3.05, 3.63) is 59.7 Å². The zero-order valence-corrected chi connectivity index (χ0v) is 13.1. The van der Waals surface area contributed by atoms with Crippen LogP contribution in [-0.2, 0) is 6.54 Å². The van der Waals surface area contributed by atoms with Gasteiger partial charge in [-0.25, -0.2) is 0 Å². The maximum atomic E-state index is 10.2. The molecule has 2 aromatic rings. The van der Waals surface area contributed by atoms with Crippen molar-refractivity contribution in [1.82, 2.24) is 5.32 Å². The summed E-state index contributed by atoms with van der Waals surface area (Å²) in [6, 6.07) is 15.5. The Morgan fingerprint density at radius 2 is 1.86 bits per heavy atom. The summed E-state index contributed by atoms with van der Waals surface area (Å²) >= 11 is 0. The van der Waals surface area contributed by atoms with E-state index >= 15 is 0 Å². The van der Waals surface area contributed by atoms with Gasteiger partial charge in [0.1, 0.15) is 11.5 Å². The number of hydrogen-bond acceptors (Lipinski definition) is 4. The van der Waals surface area contributed by atoms with Crippen molar-refractivity contribution in [3.8, 4) is 11.5 Å². The van der Waals surface area contributed by atoms with Crippen LogP contribution in [0.25, 0.3) is 0 Å². The summed E-state index contributed by atoms with van der Waals surface area (Å²) in [6.07, 6.45) is -0.558. The summed E-state index contributed by atoms with van der Waals surface area (Å²) in [5, 5.41) is 13.5. The molecule has 0 bridgehead atoms. The molecule has 0 spiro atoms. The average molecular weight is 301 g/mol. The van der Waals surface area contributed by atoms with E-state index in [4.69, 9.17) is 9.47 Å². The molecule has 0 aliphatic carbocycles. The second-order valence-corrected chi connectivity index (χ2v) is 5.00. The summed E-state index contributed by atoms with van der Waals surface area (Å²) in [5.74, 6) is 1.63. The van der Waals surface area contributed by atoms with Crippen molar-refractivity contribution in [2.45, 2.75) is 19.6 Å². The smallest absolute Gasteiger partial charge is 0.119 e. The molecule has 0 aliphatic heterocycles. The standard InChI is InChI=1S/C18H23NO3/c1-3-22-16-9-7-14(8-10-16)12-19-13-18(20)15-5-4-6-17(11-15)21-2/h4-11,18-20H,3,12-13H2,1-2H3. The highest BCUT2D eigenvalue weighted by Crippen LogP contribution is 2.18. The van der Waals surface area contributed by atoms with E-state index < -0.39 is 6.10 Å². The van der Waals surface area contributed by atoms with E-state index in [2.05, 4.69) is 5.32 Å². The molecule has 2 N–H and O–H groups in total. The van der Waals surface area contributed by atoms with Crippen molar-refractivity contribution in [2.75, 3.05) is 20.3 Å². The molecule has 0 aliphatic rings. The lowest BCUT2D eigenvalue weighted by Crippen LogP contribution is -2.21. The first-order valence-electron chi connectivity index (χ1n) is 7.47. The number of benzene rings is 2. The van der Waals surface area contributed by atoms with Crippen molar-refractivity contribution < 1.29 is 14.6 Å². The second-order valence-electron chi connectivity index (χ2n) is 5.00. The van der Waals surface area contributed by atoms with Crippen molar-refractivity contribution in [1.29, 1.82) is 0 Å². The predicted octanol–water partition coefficient (Wildman–Crippen LogP) is 2.92. The number of methoxy groups -OCH3 is 1. The molecule has 0 amide bonds. The fourth-order valence-corrected chi connectivity index (χ4v) is 2.19. The molecule has 0 fully saturated rings. The Labute approximate surface area is 131 Å². The van der Waals surface area contributed by atoms with Crippen LogP contribution in [0.15, 0.2) is 48.5 Å². The van der Waals surface area contributed by atoms with Crippen LogP contribution in [0.4, 0.5) is 0 Å². The number of aliphatic hydroxyl groups excluding tert-OH is 1. The number of rotatable bonds is 8. The number of aliphatic hydroxyl groups is 1. The van der Waals surface area contributed by atoms with Gasteiger partial charge in [0.05, 0.1) is 19.8 Å². The third kappa shape index (κ3) is 4.76. The number of ether oxygens (including phenoxy) is 2. The Kier molecular flexibility index (Phi) is 6.25. The molecule has 4 nitrogen and oxygen atoms in total. The van der Waals surface area contributed by atoms with Gasteiger partial charge in [0.15, 0.2) is 0 Å². The Balaban J connectivity index is 1.82. The van der Waals surface area contributed by atoms with E-state index in [0.717, 1.165) is 22.6 Å². The Morgan fingerprint density at radius 3 is 2.55 bits per heavy atom. The molecule has 0 saturated carbocycles.